The summed E-state index contributed by atoms with van der Waals surface area (Å²) in [4.78, 5) is 12.9. The van der Waals surface area contributed by atoms with E-state index in [2.05, 4.69) is 15.9 Å². The first-order chi connectivity index (χ1) is 7.99. The van der Waals surface area contributed by atoms with E-state index in [1.165, 1.54) is 0 Å². The molecule has 1 rings (SSSR count). The lowest BCUT2D eigenvalue weighted by molar-refractivity contribution is -0.128. The highest BCUT2D eigenvalue weighted by Crippen LogP contribution is 2.21. The van der Waals surface area contributed by atoms with Gasteiger partial charge in [-0.25, -0.2) is 0 Å². The van der Waals surface area contributed by atoms with E-state index in [-0.39, 0.29) is 5.91 Å². The van der Waals surface area contributed by atoms with Gasteiger partial charge in [0.05, 0.1) is 3.79 Å². The van der Waals surface area contributed by atoms with Gasteiger partial charge in [-0.05, 0) is 39.4 Å². The molecular formula is C11H16BrNO2S2. The van der Waals surface area contributed by atoms with Crippen LogP contribution in [0.15, 0.2) is 15.2 Å². The fourth-order valence-corrected chi connectivity index (χ4v) is 3.75. The van der Waals surface area contributed by atoms with Crippen LogP contribution in [0.1, 0.15) is 18.4 Å². The summed E-state index contributed by atoms with van der Waals surface area (Å²) in [6.07, 6.45) is 1.17. The number of carbonyl (C=O) groups is 1. The Morgan fingerprint density at radius 1 is 1.53 bits per heavy atom. The molecular weight excluding hydrogens is 322 g/mol. The molecule has 96 valence electrons. The van der Waals surface area contributed by atoms with E-state index < -0.39 is 10.8 Å². The van der Waals surface area contributed by atoms with E-state index in [4.69, 9.17) is 0 Å². The molecule has 0 radical (unpaired) electrons. The first-order valence-corrected chi connectivity index (χ1v) is 8.43. The second-order valence-corrected chi connectivity index (χ2v) is 7.81. The molecule has 1 atom stereocenters. The van der Waals surface area contributed by atoms with Crippen molar-refractivity contribution >= 4 is 44.0 Å². The summed E-state index contributed by atoms with van der Waals surface area (Å²) in [7, 11) is 2.60. The fourth-order valence-electron chi connectivity index (χ4n) is 1.29. The Labute approximate surface area is 117 Å². The van der Waals surface area contributed by atoms with Crippen LogP contribution >= 0.6 is 27.3 Å². The van der Waals surface area contributed by atoms with E-state index in [0.717, 1.165) is 9.35 Å². The zero-order valence-electron chi connectivity index (χ0n) is 9.94. The van der Waals surface area contributed by atoms with Gasteiger partial charge in [0, 0.05) is 42.8 Å². The summed E-state index contributed by atoms with van der Waals surface area (Å²) in [5, 5.41) is 2.01. The van der Waals surface area contributed by atoms with Gasteiger partial charge in [-0.1, -0.05) is 0 Å². The molecule has 0 fully saturated rings. The smallest absolute Gasteiger partial charge is 0.222 e. The standard InChI is InChI=1S/C11H16BrNO2S2/c1-13(2)11(14)4-3-5-17(15)8-9-6-10(12)16-7-9/h6-7H,3-5,8H2,1-2H3/t17-/m0/s1. The van der Waals surface area contributed by atoms with Gasteiger partial charge in [0.2, 0.25) is 5.91 Å². The van der Waals surface area contributed by atoms with Gasteiger partial charge in [0.25, 0.3) is 0 Å². The van der Waals surface area contributed by atoms with Gasteiger partial charge in [-0.3, -0.25) is 9.00 Å². The number of halogens is 1. The molecule has 1 aromatic heterocycles. The van der Waals surface area contributed by atoms with Crippen molar-refractivity contribution in [2.45, 2.75) is 18.6 Å². The Bertz CT molecular complexity index is 404. The topological polar surface area (TPSA) is 37.4 Å². The molecule has 17 heavy (non-hydrogen) atoms. The van der Waals surface area contributed by atoms with Crippen LogP contribution in [0, 0.1) is 0 Å². The molecule has 0 N–H and O–H groups in total. The van der Waals surface area contributed by atoms with E-state index in [1.54, 1.807) is 30.3 Å². The average molecular weight is 338 g/mol. The molecule has 3 nitrogen and oxygen atoms in total. The maximum atomic E-state index is 11.7. The van der Waals surface area contributed by atoms with Crippen LogP contribution in [-0.2, 0) is 21.3 Å². The summed E-state index contributed by atoms with van der Waals surface area (Å²) >= 11 is 4.98. The number of rotatable bonds is 6. The second-order valence-electron chi connectivity index (χ2n) is 3.94. The van der Waals surface area contributed by atoms with Gasteiger partial charge in [-0.15, -0.1) is 11.3 Å². The summed E-state index contributed by atoms with van der Waals surface area (Å²) in [5.41, 5.74) is 1.10. The van der Waals surface area contributed by atoms with Crippen LogP contribution in [-0.4, -0.2) is 34.9 Å². The van der Waals surface area contributed by atoms with E-state index in [1.807, 2.05) is 11.4 Å². The summed E-state index contributed by atoms with van der Waals surface area (Å²) in [6, 6.07) is 1.99. The number of hydrogen-bond donors (Lipinski definition) is 0. The summed E-state index contributed by atoms with van der Waals surface area (Å²) < 4.78 is 12.8. The highest BCUT2D eigenvalue weighted by atomic mass is 79.9. The van der Waals surface area contributed by atoms with Crippen LogP contribution in [0.25, 0.3) is 0 Å². The predicted molar refractivity (Wildman–Crippen MR) is 76.7 cm³/mol. The van der Waals surface area contributed by atoms with Gasteiger partial charge >= 0.3 is 0 Å². The van der Waals surface area contributed by atoms with Gasteiger partial charge in [-0.2, -0.15) is 0 Å². The van der Waals surface area contributed by atoms with Gasteiger partial charge in [0.1, 0.15) is 0 Å². The molecule has 0 aliphatic heterocycles. The zero-order chi connectivity index (χ0) is 12.8. The monoisotopic (exact) mass is 337 g/mol. The first kappa shape index (κ1) is 14.9. The number of hydrogen-bond acceptors (Lipinski definition) is 3. The Morgan fingerprint density at radius 2 is 2.24 bits per heavy atom. The van der Waals surface area contributed by atoms with Crippen molar-refractivity contribution in [3.8, 4) is 0 Å². The molecule has 0 saturated carbocycles. The predicted octanol–water partition coefficient (Wildman–Crippen LogP) is 2.63. The highest BCUT2D eigenvalue weighted by molar-refractivity contribution is 9.11. The normalized spacial score (nSPS) is 12.4. The minimum absolute atomic E-state index is 0.0975. The number of thiophene rings is 1. The first-order valence-electron chi connectivity index (χ1n) is 5.27. The SMILES string of the molecule is CN(C)C(=O)CCC[S@](=O)Cc1csc(Br)c1. The van der Waals surface area contributed by atoms with Crippen molar-refractivity contribution < 1.29 is 9.00 Å². The third-order valence-corrected chi connectivity index (χ3v) is 5.16. The quantitative estimate of drug-likeness (QED) is 0.800. The second kappa shape index (κ2) is 7.28. The maximum Gasteiger partial charge on any atom is 0.222 e. The Hall–Kier alpha value is -0.200. The third kappa shape index (κ3) is 5.79. The Kier molecular flexibility index (Phi) is 6.37. The molecule has 6 heteroatoms. The van der Waals surface area contributed by atoms with Crippen molar-refractivity contribution in [2.24, 2.45) is 0 Å². The van der Waals surface area contributed by atoms with Crippen molar-refractivity contribution in [3.63, 3.8) is 0 Å². The number of carbonyl (C=O) groups excluding carboxylic acids is 1. The van der Waals surface area contributed by atoms with Crippen molar-refractivity contribution in [2.75, 3.05) is 19.8 Å². The fraction of sp³-hybridized carbons (Fsp3) is 0.545. The Morgan fingerprint density at radius 3 is 2.76 bits per heavy atom. The van der Waals surface area contributed by atoms with Crippen molar-refractivity contribution in [3.05, 3.63) is 20.8 Å². The molecule has 0 aromatic carbocycles. The summed E-state index contributed by atoms with van der Waals surface area (Å²) in [6.45, 7) is 0. The Balaban J connectivity index is 2.24. The molecule has 0 aliphatic carbocycles. The van der Waals surface area contributed by atoms with E-state index in [0.29, 0.717) is 24.3 Å². The molecule has 0 saturated heterocycles. The molecule has 1 heterocycles. The lowest BCUT2D eigenvalue weighted by atomic mass is 10.3. The third-order valence-electron chi connectivity index (χ3n) is 2.21. The van der Waals surface area contributed by atoms with Crippen molar-refractivity contribution in [1.29, 1.82) is 0 Å². The molecule has 1 aromatic rings. The number of amides is 1. The number of nitrogens with zero attached hydrogens (tertiary/aromatic N) is 1. The average Bonchev–Trinajstić information content (AvgIpc) is 2.63. The zero-order valence-corrected chi connectivity index (χ0v) is 13.2. The van der Waals surface area contributed by atoms with E-state index >= 15 is 0 Å². The largest absolute Gasteiger partial charge is 0.349 e. The molecule has 1 amide bonds. The molecule has 0 aliphatic rings. The van der Waals surface area contributed by atoms with Crippen LogP contribution < -0.4 is 0 Å². The van der Waals surface area contributed by atoms with E-state index in [9.17, 15) is 9.00 Å². The van der Waals surface area contributed by atoms with Gasteiger partial charge in [0.15, 0.2) is 0 Å². The molecule has 0 unspecified atom stereocenters. The van der Waals surface area contributed by atoms with Crippen LogP contribution in [0.2, 0.25) is 0 Å². The van der Waals surface area contributed by atoms with Crippen LogP contribution in [0.5, 0.6) is 0 Å². The molecule has 0 bridgehead atoms. The van der Waals surface area contributed by atoms with Gasteiger partial charge < -0.3 is 4.90 Å². The van der Waals surface area contributed by atoms with Crippen LogP contribution in [0.4, 0.5) is 0 Å². The van der Waals surface area contributed by atoms with Crippen LogP contribution in [0.3, 0.4) is 0 Å². The highest BCUT2D eigenvalue weighted by Gasteiger charge is 2.07. The lowest BCUT2D eigenvalue weighted by Gasteiger charge is -2.09. The summed E-state index contributed by atoms with van der Waals surface area (Å²) in [5.74, 6) is 1.27. The lowest BCUT2D eigenvalue weighted by Crippen LogP contribution is -2.21. The minimum Gasteiger partial charge on any atom is -0.349 e. The minimum atomic E-state index is -0.872. The maximum absolute atomic E-state index is 11.7. The van der Waals surface area contributed by atoms with Crippen molar-refractivity contribution in [1.82, 2.24) is 4.90 Å². The molecule has 0 spiro atoms.